The van der Waals surface area contributed by atoms with Crippen molar-refractivity contribution >= 4 is 22.6 Å². The second-order valence-electron chi connectivity index (χ2n) is 7.52. The average Bonchev–Trinajstić information content (AvgIpc) is 3.39. The molecule has 2 aliphatic heterocycles. The largest absolute Gasteiger partial charge is 0.456 e. The van der Waals surface area contributed by atoms with Crippen LogP contribution in [0.2, 0.25) is 5.02 Å². The monoisotopic (exact) mass is 436 g/mol. The van der Waals surface area contributed by atoms with Gasteiger partial charge < -0.3 is 24.3 Å². The number of fused-ring (bicyclic) bond motifs is 2. The van der Waals surface area contributed by atoms with Crippen LogP contribution in [-0.4, -0.2) is 52.7 Å². The zero-order chi connectivity index (χ0) is 20.8. The van der Waals surface area contributed by atoms with E-state index < -0.39 is 17.7 Å². The summed E-state index contributed by atoms with van der Waals surface area (Å²) >= 11 is 6.37. The van der Waals surface area contributed by atoms with E-state index in [4.69, 9.17) is 25.8 Å². The van der Waals surface area contributed by atoms with Gasteiger partial charge in [0.15, 0.2) is 6.10 Å². The zero-order valence-electron chi connectivity index (χ0n) is 15.8. The standard InChI is InChI=1S/C21H19ClF2N2O4/c22-12-7-16-15(6-10(12)4-5-11-13(23)2-1-3-14(11)24)25-21(26-16)30-18-9-29-19-17(27)8-28-20(18)19/h1-3,6-7,17-20,27H,4-5,8-9H2,(H,25,26)/t17-,18-,19-,20-/m1/s1. The fraction of sp³-hybridized carbons (Fsp3) is 0.381. The van der Waals surface area contributed by atoms with E-state index in [0.29, 0.717) is 29.1 Å². The van der Waals surface area contributed by atoms with Gasteiger partial charge in [0.1, 0.15) is 29.9 Å². The quantitative estimate of drug-likeness (QED) is 0.642. The van der Waals surface area contributed by atoms with Gasteiger partial charge in [-0.05, 0) is 42.7 Å². The Bertz CT molecular complexity index is 1070. The fourth-order valence-electron chi connectivity index (χ4n) is 4.02. The van der Waals surface area contributed by atoms with Crippen LogP contribution in [0.15, 0.2) is 30.3 Å². The molecule has 0 aliphatic carbocycles. The number of nitrogens with zero attached hydrogens (tertiary/aromatic N) is 1. The second-order valence-corrected chi connectivity index (χ2v) is 7.93. The molecule has 2 saturated heterocycles. The smallest absolute Gasteiger partial charge is 0.295 e. The van der Waals surface area contributed by atoms with Crippen molar-refractivity contribution in [3.05, 3.63) is 58.1 Å². The van der Waals surface area contributed by atoms with Crippen LogP contribution in [0.3, 0.4) is 0 Å². The number of aromatic nitrogens is 2. The van der Waals surface area contributed by atoms with Crippen LogP contribution in [0.5, 0.6) is 6.01 Å². The Morgan fingerprint density at radius 2 is 1.90 bits per heavy atom. The number of benzene rings is 2. The van der Waals surface area contributed by atoms with E-state index in [9.17, 15) is 13.9 Å². The summed E-state index contributed by atoms with van der Waals surface area (Å²) in [5.74, 6) is -1.14. The van der Waals surface area contributed by atoms with Crippen LogP contribution in [0.1, 0.15) is 11.1 Å². The van der Waals surface area contributed by atoms with Gasteiger partial charge >= 0.3 is 0 Å². The molecule has 0 radical (unpaired) electrons. The normalized spacial score (nSPS) is 25.7. The number of nitrogens with one attached hydrogen (secondary N) is 1. The molecule has 1 aromatic heterocycles. The van der Waals surface area contributed by atoms with E-state index in [0.717, 1.165) is 5.56 Å². The lowest BCUT2D eigenvalue weighted by atomic mass is 10.0. The van der Waals surface area contributed by atoms with Crippen molar-refractivity contribution in [1.82, 2.24) is 9.97 Å². The highest BCUT2D eigenvalue weighted by atomic mass is 35.5. The molecule has 158 valence electrons. The SMILES string of the molecule is O[C@@H]1CO[C@H]2[C@@H]1OC[C@H]2Oc1nc2cc(Cl)c(CCc3c(F)cccc3F)cc2[nH]1. The second kappa shape index (κ2) is 7.77. The molecule has 2 aromatic carbocycles. The summed E-state index contributed by atoms with van der Waals surface area (Å²) in [5.41, 5.74) is 2.09. The van der Waals surface area contributed by atoms with Crippen molar-refractivity contribution in [2.75, 3.05) is 13.2 Å². The van der Waals surface area contributed by atoms with Crippen molar-refractivity contribution < 1.29 is 28.1 Å². The first-order valence-electron chi connectivity index (χ1n) is 9.68. The first-order chi connectivity index (χ1) is 14.5. The Hall–Kier alpha value is -2.26. The summed E-state index contributed by atoms with van der Waals surface area (Å²) in [6.45, 7) is 0.514. The molecule has 5 rings (SSSR count). The molecule has 6 nitrogen and oxygen atoms in total. The summed E-state index contributed by atoms with van der Waals surface area (Å²) in [7, 11) is 0. The topological polar surface area (TPSA) is 76.6 Å². The number of aryl methyl sites for hydroxylation is 1. The number of ether oxygens (including phenoxy) is 3. The van der Waals surface area contributed by atoms with Gasteiger partial charge in [-0.1, -0.05) is 17.7 Å². The third kappa shape index (κ3) is 3.54. The number of rotatable bonds is 5. The molecule has 0 saturated carbocycles. The summed E-state index contributed by atoms with van der Waals surface area (Å²) in [6, 6.07) is 7.61. The lowest BCUT2D eigenvalue weighted by molar-refractivity contribution is 0.00706. The Labute approximate surface area is 175 Å². The maximum absolute atomic E-state index is 13.9. The molecule has 0 spiro atoms. The molecule has 4 atom stereocenters. The van der Waals surface area contributed by atoms with Crippen molar-refractivity contribution in [3.8, 4) is 6.01 Å². The van der Waals surface area contributed by atoms with E-state index in [1.165, 1.54) is 18.2 Å². The van der Waals surface area contributed by atoms with E-state index in [1.54, 1.807) is 12.1 Å². The predicted octanol–water partition coefficient (Wildman–Crippen LogP) is 3.19. The van der Waals surface area contributed by atoms with Crippen LogP contribution < -0.4 is 4.74 Å². The Balaban J connectivity index is 1.33. The highest BCUT2D eigenvalue weighted by molar-refractivity contribution is 6.32. The molecule has 3 heterocycles. The molecule has 30 heavy (non-hydrogen) atoms. The minimum atomic E-state index is -0.653. The van der Waals surface area contributed by atoms with E-state index in [2.05, 4.69) is 9.97 Å². The maximum atomic E-state index is 13.9. The highest BCUT2D eigenvalue weighted by Gasteiger charge is 2.48. The van der Waals surface area contributed by atoms with Gasteiger partial charge in [0, 0.05) is 10.6 Å². The van der Waals surface area contributed by atoms with E-state index >= 15 is 0 Å². The van der Waals surface area contributed by atoms with Gasteiger partial charge in [-0.2, -0.15) is 4.98 Å². The van der Waals surface area contributed by atoms with Crippen LogP contribution in [-0.2, 0) is 22.3 Å². The summed E-state index contributed by atoms with van der Waals surface area (Å²) < 4.78 is 44.8. The van der Waals surface area contributed by atoms with Gasteiger partial charge in [-0.15, -0.1) is 0 Å². The average molecular weight is 437 g/mol. The molecular weight excluding hydrogens is 418 g/mol. The number of aliphatic hydroxyl groups excluding tert-OH is 1. The number of hydrogen-bond acceptors (Lipinski definition) is 5. The Morgan fingerprint density at radius 3 is 2.70 bits per heavy atom. The number of imidazole rings is 1. The highest BCUT2D eigenvalue weighted by Crippen LogP contribution is 2.31. The maximum Gasteiger partial charge on any atom is 0.295 e. The van der Waals surface area contributed by atoms with Crippen molar-refractivity contribution in [2.24, 2.45) is 0 Å². The van der Waals surface area contributed by atoms with Crippen molar-refractivity contribution in [2.45, 2.75) is 37.3 Å². The van der Waals surface area contributed by atoms with Crippen molar-refractivity contribution in [3.63, 3.8) is 0 Å². The minimum absolute atomic E-state index is 0.0387. The number of halogens is 3. The van der Waals surface area contributed by atoms with E-state index in [-0.39, 0.29) is 42.9 Å². The molecule has 0 bridgehead atoms. The number of hydrogen-bond donors (Lipinski definition) is 2. The lowest BCUT2D eigenvalue weighted by Crippen LogP contribution is -2.34. The van der Waals surface area contributed by atoms with E-state index in [1.807, 2.05) is 0 Å². The number of aromatic amines is 1. The van der Waals surface area contributed by atoms with Crippen LogP contribution in [0.25, 0.3) is 11.0 Å². The van der Waals surface area contributed by atoms with Gasteiger partial charge in [0.25, 0.3) is 6.01 Å². The van der Waals surface area contributed by atoms with Crippen LogP contribution >= 0.6 is 11.6 Å². The summed E-state index contributed by atoms with van der Waals surface area (Å²) in [4.78, 5) is 7.49. The van der Waals surface area contributed by atoms with Gasteiger partial charge in [-0.25, -0.2) is 8.78 Å². The molecule has 9 heteroatoms. The lowest BCUT2D eigenvalue weighted by Gasteiger charge is -2.15. The zero-order valence-corrected chi connectivity index (χ0v) is 16.5. The minimum Gasteiger partial charge on any atom is -0.456 e. The van der Waals surface area contributed by atoms with Crippen LogP contribution in [0, 0.1) is 11.6 Å². The van der Waals surface area contributed by atoms with Gasteiger partial charge in [0.2, 0.25) is 0 Å². The first kappa shape index (κ1) is 19.7. The summed E-state index contributed by atoms with van der Waals surface area (Å²) in [6.07, 6.45) is -1.22. The molecule has 0 amide bonds. The molecule has 2 aliphatic rings. The number of H-pyrrole nitrogens is 1. The molecular formula is C21H19ClF2N2O4. The summed E-state index contributed by atoms with van der Waals surface area (Å²) in [5, 5.41) is 10.3. The predicted molar refractivity (Wildman–Crippen MR) is 105 cm³/mol. The Morgan fingerprint density at radius 1 is 1.13 bits per heavy atom. The third-order valence-electron chi connectivity index (χ3n) is 5.58. The Kier molecular flexibility index (Phi) is 5.10. The third-order valence-corrected chi connectivity index (χ3v) is 5.93. The van der Waals surface area contributed by atoms with Gasteiger partial charge in [0.05, 0.1) is 24.2 Å². The first-order valence-corrected chi connectivity index (χ1v) is 10.1. The molecule has 2 fully saturated rings. The fourth-order valence-corrected chi connectivity index (χ4v) is 4.27. The van der Waals surface area contributed by atoms with Gasteiger partial charge in [-0.3, -0.25) is 0 Å². The van der Waals surface area contributed by atoms with Crippen molar-refractivity contribution in [1.29, 1.82) is 0 Å². The molecule has 0 unspecified atom stereocenters. The van der Waals surface area contributed by atoms with Crippen LogP contribution in [0.4, 0.5) is 8.78 Å². The number of aliphatic hydroxyl groups is 1. The molecule has 3 aromatic rings. The molecule has 2 N–H and O–H groups in total.